The predicted molar refractivity (Wildman–Crippen MR) is 130 cm³/mol. The fourth-order valence-electron chi connectivity index (χ4n) is 2.88. The molecule has 1 saturated heterocycles. The third-order valence-electron chi connectivity index (χ3n) is 4.51. The van der Waals surface area contributed by atoms with E-state index in [0.717, 1.165) is 16.2 Å². The Bertz CT molecular complexity index is 1180. The highest BCUT2D eigenvalue weighted by atomic mass is 35.5. The molecule has 16 heteroatoms. The summed E-state index contributed by atoms with van der Waals surface area (Å²) in [5.41, 5.74) is 0.317. The summed E-state index contributed by atoms with van der Waals surface area (Å²) >= 11 is 6.51. The van der Waals surface area contributed by atoms with Gasteiger partial charge < -0.3 is 30.3 Å². The van der Waals surface area contributed by atoms with Gasteiger partial charge in [-0.3, -0.25) is 19.3 Å². The van der Waals surface area contributed by atoms with Gasteiger partial charge in [0.1, 0.15) is 30.1 Å². The maximum absolute atomic E-state index is 12.7. The molecule has 0 aliphatic carbocycles. The number of halogens is 1. The van der Waals surface area contributed by atoms with Gasteiger partial charge in [-0.05, 0) is 20.1 Å². The van der Waals surface area contributed by atoms with Crippen LogP contribution >= 0.6 is 31.1 Å². The summed E-state index contributed by atoms with van der Waals surface area (Å²) in [7, 11) is 4.79. The summed E-state index contributed by atoms with van der Waals surface area (Å²) in [6, 6.07) is 0.0746. The molecule has 2 aromatic rings. The van der Waals surface area contributed by atoms with Crippen LogP contribution in [-0.4, -0.2) is 79.1 Å². The third-order valence-corrected chi connectivity index (χ3v) is 6.38. The zero-order valence-electron chi connectivity index (χ0n) is 18.7. The lowest BCUT2D eigenvalue weighted by atomic mass is 10.1. The van der Waals surface area contributed by atoms with Gasteiger partial charge in [-0.1, -0.05) is 5.16 Å². The van der Waals surface area contributed by atoms with Crippen molar-refractivity contribution in [3.8, 4) is 11.5 Å². The molecule has 0 unspecified atom stereocenters. The van der Waals surface area contributed by atoms with E-state index in [-0.39, 0.29) is 29.0 Å². The second kappa shape index (κ2) is 11.8. The number of rotatable bonds is 9. The predicted octanol–water partition coefficient (Wildman–Crippen LogP) is 1.83. The molecule has 5 amide bonds. The number of β-lactam (4-membered cyclic amide) rings is 1. The van der Waals surface area contributed by atoms with E-state index in [1.165, 1.54) is 26.7 Å². The molecule has 1 aliphatic rings. The summed E-state index contributed by atoms with van der Waals surface area (Å²) in [5, 5.41) is 12.9. The number of ether oxygens (including phenoxy) is 2. The van der Waals surface area contributed by atoms with Gasteiger partial charge in [-0.25, -0.2) is 9.78 Å². The Balaban J connectivity index is 1.62. The molecule has 1 fully saturated rings. The first-order valence-electron chi connectivity index (χ1n) is 9.76. The maximum Gasteiger partial charge on any atom is 0.329 e. The first-order chi connectivity index (χ1) is 16.8. The lowest BCUT2D eigenvalue weighted by Gasteiger charge is -2.36. The standard InChI is InChI=1S/C19H20ClN6O7PS/c1-31-11-4-5-34-16(14(11)32-2)24-19(30)26-7-9(17(26)29)21-15(28)13(25-33-3)10-8-35-18(22-10)23-12(27)6-20/h4-5,8-9H,6-7H2,1-3H3,(H,21,28)(H,24,30)(H,22,23,27)/t9-/m0/s1. The lowest BCUT2D eigenvalue weighted by molar-refractivity contribution is -0.141. The number of carbonyl (C=O) groups excluding carboxylic acids is 4. The zero-order valence-corrected chi connectivity index (χ0v) is 21.1. The van der Waals surface area contributed by atoms with Crippen molar-refractivity contribution in [2.45, 2.75) is 6.04 Å². The van der Waals surface area contributed by atoms with E-state index in [1.54, 1.807) is 11.9 Å². The van der Waals surface area contributed by atoms with Crippen LogP contribution < -0.4 is 25.4 Å². The number of hydrogen-bond donors (Lipinski definition) is 3. The number of methoxy groups -OCH3 is 2. The van der Waals surface area contributed by atoms with E-state index in [4.69, 9.17) is 25.9 Å². The van der Waals surface area contributed by atoms with Crippen molar-refractivity contribution in [1.82, 2.24) is 15.2 Å². The summed E-state index contributed by atoms with van der Waals surface area (Å²) in [4.78, 5) is 59.0. The van der Waals surface area contributed by atoms with Gasteiger partial charge in [0.2, 0.25) is 5.91 Å². The second-order valence-corrected chi connectivity index (χ2v) is 8.77. The van der Waals surface area contributed by atoms with Gasteiger partial charge in [0.05, 0.1) is 20.8 Å². The van der Waals surface area contributed by atoms with Crippen molar-refractivity contribution in [2.75, 3.05) is 44.4 Å². The van der Waals surface area contributed by atoms with Crippen molar-refractivity contribution in [3.05, 3.63) is 22.9 Å². The molecule has 0 spiro atoms. The van der Waals surface area contributed by atoms with Crippen LogP contribution in [0.5, 0.6) is 11.5 Å². The summed E-state index contributed by atoms with van der Waals surface area (Å²) in [6.07, 6.45) is 0. The Morgan fingerprint density at radius 1 is 1.29 bits per heavy atom. The molecule has 13 nitrogen and oxygen atoms in total. The number of urea groups is 1. The number of carbonyl (C=O) groups is 4. The minimum atomic E-state index is -0.954. The fraction of sp³-hybridized carbons (Fsp3) is 0.316. The fourth-order valence-corrected chi connectivity index (χ4v) is 4.49. The van der Waals surface area contributed by atoms with Crippen LogP contribution in [0.1, 0.15) is 5.69 Å². The Kier molecular flexibility index (Phi) is 8.79. The molecule has 3 heterocycles. The summed E-state index contributed by atoms with van der Waals surface area (Å²) in [5.74, 6) is 0.444. The molecule has 2 aromatic heterocycles. The Labute approximate surface area is 209 Å². The first-order valence-corrected chi connectivity index (χ1v) is 12.1. The van der Waals surface area contributed by atoms with Crippen molar-refractivity contribution in [3.63, 3.8) is 0 Å². The molecule has 0 radical (unpaired) electrons. The molecule has 186 valence electrons. The molecule has 35 heavy (non-hydrogen) atoms. The Morgan fingerprint density at radius 2 is 2.06 bits per heavy atom. The van der Waals surface area contributed by atoms with E-state index in [1.807, 2.05) is 0 Å². The average molecular weight is 543 g/mol. The van der Waals surface area contributed by atoms with Gasteiger partial charge in [0.15, 0.2) is 22.3 Å². The number of hydrogen-bond acceptors (Lipinski definition) is 10. The number of imide groups is 1. The van der Waals surface area contributed by atoms with Crippen molar-refractivity contribution < 1.29 is 33.5 Å². The van der Waals surface area contributed by atoms with Crippen LogP contribution in [0.25, 0.3) is 0 Å². The maximum atomic E-state index is 12.7. The van der Waals surface area contributed by atoms with E-state index in [0.29, 0.717) is 25.1 Å². The number of anilines is 2. The van der Waals surface area contributed by atoms with Gasteiger partial charge in [-0.15, -0.1) is 22.9 Å². The molecule has 0 aromatic carbocycles. The smallest absolute Gasteiger partial charge is 0.329 e. The first kappa shape index (κ1) is 26.1. The van der Waals surface area contributed by atoms with Gasteiger partial charge in [0, 0.05) is 5.38 Å². The molecule has 3 N–H and O–H groups in total. The van der Waals surface area contributed by atoms with E-state index in [2.05, 4.69) is 26.1 Å². The number of thiazole rings is 1. The van der Waals surface area contributed by atoms with E-state index < -0.39 is 29.8 Å². The Hall–Kier alpha value is -3.48. The van der Waals surface area contributed by atoms with E-state index >= 15 is 0 Å². The normalized spacial score (nSPS) is 15.3. The number of amides is 5. The van der Waals surface area contributed by atoms with Crippen molar-refractivity contribution in [1.29, 1.82) is 0 Å². The van der Waals surface area contributed by atoms with Crippen LogP contribution in [0.4, 0.5) is 15.3 Å². The van der Waals surface area contributed by atoms with Crippen LogP contribution in [0.3, 0.4) is 0 Å². The lowest BCUT2D eigenvalue weighted by Crippen LogP contribution is -2.66. The quantitative estimate of drug-likeness (QED) is 0.187. The minimum Gasteiger partial charge on any atom is -0.493 e. The van der Waals surface area contributed by atoms with Gasteiger partial charge in [-0.2, -0.15) is 0 Å². The SMILES string of the molecule is CON=C(C(=O)N[C@H]1CN(C(=O)Nc2pccc(OC)c2OC)C1=O)c1csc(NC(=O)CCl)n1. The van der Waals surface area contributed by atoms with Gasteiger partial charge in [0.25, 0.3) is 11.8 Å². The number of nitrogens with one attached hydrogen (secondary N) is 3. The van der Waals surface area contributed by atoms with E-state index in [9.17, 15) is 19.2 Å². The minimum absolute atomic E-state index is 0.0616. The number of nitrogens with zero attached hydrogens (tertiary/aromatic N) is 3. The van der Waals surface area contributed by atoms with Crippen molar-refractivity contribution >= 4 is 71.1 Å². The molecule has 1 atom stereocenters. The van der Waals surface area contributed by atoms with Crippen LogP contribution in [0.2, 0.25) is 0 Å². The molecule has 1 aliphatic heterocycles. The molecule has 0 saturated carbocycles. The van der Waals surface area contributed by atoms with Crippen LogP contribution in [0.15, 0.2) is 22.4 Å². The second-order valence-electron chi connectivity index (χ2n) is 6.64. The topological polar surface area (TPSA) is 161 Å². The highest BCUT2D eigenvalue weighted by Crippen LogP contribution is 2.40. The zero-order chi connectivity index (χ0) is 25.5. The number of likely N-dealkylation sites (tertiary alicyclic amines) is 1. The molecular weight excluding hydrogens is 523 g/mol. The third kappa shape index (κ3) is 5.96. The van der Waals surface area contributed by atoms with Crippen LogP contribution in [0, 0.1) is 0 Å². The summed E-state index contributed by atoms with van der Waals surface area (Å²) < 4.78 is 10.5. The van der Waals surface area contributed by atoms with Gasteiger partial charge >= 0.3 is 6.03 Å². The van der Waals surface area contributed by atoms with Crippen molar-refractivity contribution in [2.24, 2.45) is 5.16 Å². The molecule has 3 rings (SSSR count). The average Bonchev–Trinajstić information content (AvgIpc) is 3.31. The van der Waals surface area contributed by atoms with Crippen LogP contribution in [-0.2, 0) is 19.2 Å². The molecular formula is C19H20ClN6O7PS. The highest BCUT2D eigenvalue weighted by Gasteiger charge is 2.42. The number of oxime groups is 1. The highest BCUT2D eigenvalue weighted by molar-refractivity contribution is 7.34. The molecule has 0 bridgehead atoms. The Morgan fingerprint density at radius 3 is 2.69 bits per heavy atom. The largest absolute Gasteiger partial charge is 0.493 e. The number of alkyl halides is 1. The summed E-state index contributed by atoms with van der Waals surface area (Å²) in [6.45, 7) is -0.0616. The number of aromatic nitrogens is 1. The monoisotopic (exact) mass is 542 g/mol.